The fourth-order valence-corrected chi connectivity index (χ4v) is 6.47. The van der Waals surface area contributed by atoms with Crippen LogP contribution in [0.2, 0.25) is 10.0 Å². The Morgan fingerprint density at radius 1 is 1.03 bits per heavy atom. The standard InChI is InChI=1S/C28H29Cl2N3O3S/c1-18-16-31(12-13-33(18)28(35)20-5-8-23(29)24(30)15-20)26(34)17-32-11-9-25-22(10-14-37-25)27(32)19-3-6-21(36-2)7-4-19/h3-8,10,14-15,18,27H,9,11-13,16-17H2,1-2H3. The summed E-state index contributed by atoms with van der Waals surface area (Å²) < 4.78 is 5.34. The van der Waals surface area contributed by atoms with Crippen LogP contribution >= 0.6 is 34.5 Å². The van der Waals surface area contributed by atoms with Crippen LogP contribution in [0, 0.1) is 0 Å². The Kier molecular flexibility index (Phi) is 7.77. The molecule has 9 heteroatoms. The number of rotatable bonds is 5. The van der Waals surface area contributed by atoms with E-state index in [0.717, 1.165) is 24.3 Å². The summed E-state index contributed by atoms with van der Waals surface area (Å²) in [7, 11) is 1.66. The Bertz CT molecular complexity index is 1300. The number of piperazine rings is 1. The van der Waals surface area contributed by atoms with E-state index in [1.807, 2.05) is 28.9 Å². The van der Waals surface area contributed by atoms with Crippen LogP contribution in [0.4, 0.5) is 0 Å². The zero-order valence-corrected chi connectivity index (χ0v) is 23.2. The first-order valence-electron chi connectivity index (χ1n) is 12.3. The van der Waals surface area contributed by atoms with Gasteiger partial charge in [0.25, 0.3) is 5.91 Å². The van der Waals surface area contributed by atoms with Crippen molar-refractivity contribution in [3.05, 3.63) is 85.5 Å². The van der Waals surface area contributed by atoms with Crippen LogP contribution in [0.3, 0.4) is 0 Å². The van der Waals surface area contributed by atoms with Gasteiger partial charge in [0.2, 0.25) is 5.91 Å². The number of nitrogens with zero attached hydrogens (tertiary/aromatic N) is 3. The molecule has 0 saturated carbocycles. The highest BCUT2D eigenvalue weighted by Gasteiger charge is 2.34. The first-order valence-corrected chi connectivity index (χ1v) is 14.0. The number of carbonyl (C=O) groups is 2. The van der Waals surface area contributed by atoms with Gasteiger partial charge in [0.1, 0.15) is 5.75 Å². The summed E-state index contributed by atoms with van der Waals surface area (Å²) in [6.45, 7) is 4.61. The third-order valence-corrected chi connectivity index (χ3v) is 8.98. The second kappa shape index (κ2) is 11.0. The predicted octanol–water partition coefficient (Wildman–Crippen LogP) is 5.38. The Labute approximate surface area is 231 Å². The molecule has 6 nitrogen and oxygen atoms in total. The van der Waals surface area contributed by atoms with E-state index in [9.17, 15) is 9.59 Å². The smallest absolute Gasteiger partial charge is 0.254 e. The van der Waals surface area contributed by atoms with Crippen LogP contribution in [0.1, 0.15) is 39.3 Å². The lowest BCUT2D eigenvalue weighted by Gasteiger charge is -2.42. The van der Waals surface area contributed by atoms with Crippen molar-refractivity contribution >= 4 is 46.4 Å². The minimum atomic E-state index is -0.109. The van der Waals surface area contributed by atoms with Crippen molar-refractivity contribution in [1.82, 2.24) is 14.7 Å². The molecule has 2 aliphatic heterocycles. The van der Waals surface area contributed by atoms with Gasteiger partial charge in [0.05, 0.1) is 29.7 Å². The topological polar surface area (TPSA) is 53.1 Å². The molecule has 1 saturated heterocycles. The predicted molar refractivity (Wildman–Crippen MR) is 148 cm³/mol. The van der Waals surface area contributed by atoms with Crippen LogP contribution in [0.5, 0.6) is 5.75 Å². The molecule has 0 radical (unpaired) electrons. The molecule has 2 atom stereocenters. The number of amides is 2. The molecule has 1 fully saturated rings. The van der Waals surface area contributed by atoms with E-state index in [2.05, 4.69) is 28.5 Å². The van der Waals surface area contributed by atoms with Gasteiger partial charge in [0.15, 0.2) is 0 Å². The van der Waals surface area contributed by atoms with Gasteiger partial charge in [-0.2, -0.15) is 0 Å². The monoisotopic (exact) mass is 557 g/mol. The van der Waals surface area contributed by atoms with E-state index < -0.39 is 0 Å². The average Bonchev–Trinajstić information content (AvgIpc) is 3.39. The number of hydrogen-bond donors (Lipinski definition) is 0. The minimum absolute atomic E-state index is 0.0276. The Hall–Kier alpha value is -2.58. The third-order valence-electron chi connectivity index (χ3n) is 7.24. The van der Waals surface area contributed by atoms with Gasteiger partial charge in [-0.15, -0.1) is 11.3 Å². The molecule has 37 heavy (non-hydrogen) atoms. The highest BCUT2D eigenvalue weighted by Crippen LogP contribution is 2.38. The average molecular weight is 559 g/mol. The van der Waals surface area contributed by atoms with E-state index in [1.54, 1.807) is 36.6 Å². The van der Waals surface area contributed by atoms with Crippen molar-refractivity contribution in [3.63, 3.8) is 0 Å². The first kappa shape index (κ1) is 26.0. The molecule has 0 aliphatic carbocycles. The fraction of sp³-hybridized carbons (Fsp3) is 0.357. The highest BCUT2D eigenvalue weighted by molar-refractivity contribution is 7.10. The zero-order valence-electron chi connectivity index (χ0n) is 20.8. The Morgan fingerprint density at radius 2 is 1.81 bits per heavy atom. The third kappa shape index (κ3) is 5.36. The minimum Gasteiger partial charge on any atom is -0.497 e. The van der Waals surface area contributed by atoms with Crippen molar-refractivity contribution in [3.8, 4) is 5.75 Å². The lowest BCUT2D eigenvalue weighted by molar-refractivity contribution is -0.135. The number of fused-ring (bicyclic) bond motifs is 1. The van der Waals surface area contributed by atoms with Crippen LogP contribution < -0.4 is 4.74 Å². The zero-order chi connectivity index (χ0) is 26.1. The van der Waals surface area contributed by atoms with Gasteiger partial charge in [0, 0.05) is 42.7 Å². The molecule has 3 aromatic rings. The van der Waals surface area contributed by atoms with Crippen LogP contribution in [-0.4, -0.2) is 72.4 Å². The first-order chi connectivity index (χ1) is 17.9. The molecule has 3 heterocycles. The Balaban J connectivity index is 1.27. The van der Waals surface area contributed by atoms with Crippen molar-refractivity contribution in [2.45, 2.75) is 25.4 Å². The maximum absolute atomic E-state index is 13.5. The number of benzene rings is 2. The molecular weight excluding hydrogens is 529 g/mol. The van der Waals surface area contributed by atoms with Crippen LogP contribution in [0.25, 0.3) is 0 Å². The summed E-state index contributed by atoms with van der Waals surface area (Å²) in [6, 6.07) is 15.1. The van der Waals surface area contributed by atoms with Crippen molar-refractivity contribution in [2.24, 2.45) is 0 Å². The molecular formula is C28H29Cl2N3O3S. The normalized spacial score (nSPS) is 20.0. The lowest BCUT2D eigenvalue weighted by atomic mass is 9.93. The molecule has 1 aromatic heterocycles. The number of halogens is 2. The quantitative estimate of drug-likeness (QED) is 0.422. The van der Waals surface area contributed by atoms with Gasteiger partial charge in [-0.3, -0.25) is 14.5 Å². The van der Waals surface area contributed by atoms with Gasteiger partial charge >= 0.3 is 0 Å². The summed E-state index contributed by atoms with van der Waals surface area (Å²) in [6.07, 6.45) is 0.940. The Morgan fingerprint density at radius 3 is 2.51 bits per heavy atom. The lowest BCUT2D eigenvalue weighted by Crippen LogP contribution is -2.57. The highest BCUT2D eigenvalue weighted by atomic mass is 35.5. The summed E-state index contributed by atoms with van der Waals surface area (Å²) >= 11 is 13.9. The molecule has 0 spiro atoms. The van der Waals surface area contributed by atoms with Crippen LogP contribution in [0.15, 0.2) is 53.9 Å². The van der Waals surface area contributed by atoms with Crippen molar-refractivity contribution in [1.29, 1.82) is 0 Å². The largest absolute Gasteiger partial charge is 0.497 e. The number of carbonyl (C=O) groups excluding carboxylic acids is 2. The van der Waals surface area contributed by atoms with E-state index in [4.69, 9.17) is 27.9 Å². The van der Waals surface area contributed by atoms with Crippen molar-refractivity contribution < 1.29 is 14.3 Å². The van der Waals surface area contributed by atoms with Gasteiger partial charge in [-0.05, 0) is 66.2 Å². The second-order valence-corrected chi connectivity index (χ2v) is 11.3. The molecule has 194 valence electrons. The summed E-state index contributed by atoms with van der Waals surface area (Å²) in [5.74, 6) is 0.805. The molecule has 5 rings (SSSR count). The SMILES string of the molecule is COc1ccc(C2c3ccsc3CCN2CC(=O)N2CCN(C(=O)c3ccc(Cl)c(Cl)c3)C(C)C2)cc1. The summed E-state index contributed by atoms with van der Waals surface area (Å²) in [5.41, 5.74) is 2.93. The molecule has 2 amide bonds. The van der Waals surface area contributed by atoms with E-state index in [0.29, 0.717) is 41.8 Å². The van der Waals surface area contributed by atoms with E-state index in [1.165, 1.54) is 10.4 Å². The molecule has 0 N–H and O–H groups in total. The molecule has 2 aromatic carbocycles. The molecule has 2 unspecified atom stereocenters. The summed E-state index contributed by atoms with van der Waals surface area (Å²) in [5, 5.41) is 2.91. The van der Waals surface area contributed by atoms with Crippen molar-refractivity contribution in [2.75, 3.05) is 39.8 Å². The summed E-state index contributed by atoms with van der Waals surface area (Å²) in [4.78, 5) is 34.0. The number of ether oxygens (including phenoxy) is 1. The van der Waals surface area contributed by atoms with E-state index in [-0.39, 0.29) is 23.9 Å². The van der Waals surface area contributed by atoms with Gasteiger partial charge in [-0.25, -0.2) is 0 Å². The maximum atomic E-state index is 13.5. The fourth-order valence-electron chi connectivity index (χ4n) is 5.27. The van der Waals surface area contributed by atoms with E-state index >= 15 is 0 Å². The number of methoxy groups -OCH3 is 1. The molecule has 2 aliphatic rings. The maximum Gasteiger partial charge on any atom is 0.254 e. The number of hydrogen-bond acceptors (Lipinski definition) is 5. The second-order valence-electron chi connectivity index (χ2n) is 9.51. The van der Waals surface area contributed by atoms with Crippen LogP contribution in [-0.2, 0) is 11.2 Å². The van der Waals surface area contributed by atoms with Gasteiger partial charge in [-0.1, -0.05) is 35.3 Å². The molecule has 0 bridgehead atoms. The van der Waals surface area contributed by atoms with Gasteiger partial charge < -0.3 is 14.5 Å². The number of thiophene rings is 1.